The van der Waals surface area contributed by atoms with E-state index in [9.17, 15) is 9.90 Å². The predicted octanol–water partition coefficient (Wildman–Crippen LogP) is 3.96. The van der Waals surface area contributed by atoms with Crippen molar-refractivity contribution >= 4 is 46.1 Å². The van der Waals surface area contributed by atoms with Crippen molar-refractivity contribution in [1.82, 2.24) is 14.9 Å². The Morgan fingerprint density at radius 1 is 1.39 bits per heavy atom. The first-order valence-corrected chi connectivity index (χ1v) is 8.94. The van der Waals surface area contributed by atoms with Gasteiger partial charge < -0.3 is 14.8 Å². The monoisotopic (exact) mass is 426 g/mol. The third-order valence-electron chi connectivity index (χ3n) is 3.86. The van der Waals surface area contributed by atoms with Crippen LogP contribution < -0.4 is 10.8 Å². The van der Waals surface area contributed by atoms with Crippen molar-refractivity contribution in [1.29, 1.82) is 0 Å². The maximum Gasteiger partial charge on any atom is 0.278 e. The highest BCUT2D eigenvalue weighted by Crippen LogP contribution is 2.32. The lowest BCUT2D eigenvalue weighted by Gasteiger charge is -2.22. The molecule has 0 aliphatic rings. The molecule has 3 rings (SSSR count). The number of aliphatic hydroxyl groups excluding tert-OH is 1. The fraction of sp³-hybridized carbons (Fsp3) is 0.222. The maximum atomic E-state index is 15.1. The summed E-state index contributed by atoms with van der Waals surface area (Å²) in [6.07, 6.45) is 4.32. The van der Waals surface area contributed by atoms with Crippen LogP contribution in [0.15, 0.2) is 36.8 Å². The second kappa shape index (κ2) is 7.92. The van der Waals surface area contributed by atoms with Crippen molar-refractivity contribution in [2.24, 2.45) is 0 Å². The Morgan fingerprint density at radius 3 is 2.82 bits per heavy atom. The minimum Gasteiger partial charge on any atom is -0.393 e. The van der Waals surface area contributed by atoms with Gasteiger partial charge in [-0.1, -0.05) is 23.2 Å². The number of hydroxylamine groups is 1. The van der Waals surface area contributed by atoms with Crippen LogP contribution >= 0.6 is 23.2 Å². The van der Waals surface area contributed by atoms with Crippen LogP contribution in [0.25, 0.3) is 5.65 Å². The Labute approximate surface area is 170 Å². The van der Waals surface area contributed by atoms with Crippen molar-refractivity contribution in [2.45, 2.75) is 19.4 Å². The molecule has 1 aromatic carbocycles. The topological polar surface area (TPSA) is 87.9 Å². The van der Waals surface area contributed by atoms with E-state index in [4.69, 9.17) is 28.0 Å². The van der Waals surface area contributed by atoms with E-state index in [1.54, 1.807) is 26.0 Å². The Bertz CT molecular complexity index is 1040. The summed E-state index contributed by atoms with van der Waals surface area (Å²) in [5.41, 5.74) is 1.41. The largest absolute Gasteiger partial charge is 0.393 e. The Balaban J connectivity index is 2.03. The molecule has 148 valence electrons. The van der Waals surface area contributed by atoms with E-state index < -0.39 is 17.3 Å². The van der Waals surface area contributed by atoms with E-state index >= 15 is 4.39 Å². The highest BCUT2D eigenvalue weighted by molar-refractivity contribution is 6.36. The third-order valence-corrected chi connectivity index (χ3v) is 4.41. The highest BCUT2D eigenvalue weighted by atomic mass is 35.5. The van der Waals surface area contributed by atoms with E-state index in [-0.39, 0.29) is 28.5 Å². The fourth-order valence-corrected chi connectivity index (χ4v) is 2.77. The molecule has 0 saturated heterocycles. The van der Waals surface area contributed by atoms with Crippen molar-refractivity contribution in [3.8, 4) is 0 Å². The van der Waals surface area contributed by atoms with Gasteiger partial charge in [0, 0.05) is 23.6 Å². The van der Waals surface area contributed by atoms with Gasteiger partial charge in [0.15, 0.2) is 11.5 Å². The van der Waals surface area contributed by atoms with Gasteiger partial charge in [-0.2, -0.15) is 0 Å². The summed E-state index contributed by atoms with van der Waals surface area (Å²) in [4.78, 5) is 21.8. The normalized spacial score (nSPS) is 11.6. The molecule has 0 bridgehead atoms. The number of amides is 1. The second-order valence-corrected chi connectivity index (χ2v) is 7.43. The zero-order valence-electron chi connectivity index (χ0n) is 15.0. The first-order chi connectivity index (χ1) is 13.2. The summed E-state index contributed by atoms with van der Waals surface area (Å²) in [6.45, 7) is 2.84. The van der Waals surface area contributed by atoms with Gasteiger partial charge in [-0.25, -0.2) is 14.9 Å². The number of carbonyl (C=O) groups excluding carboxylic acids is 1. The first kappa shape index (κ1) is 20.3. The highest BCUT2D eigenvalue weighted by Gasteiger charge is 2.24. The summed E-state index contributed by atoms with van der Waals surface area (Å²) >= 11 is 12.1. The van der Waals surface area contributed by atoms with E-state index in [1.807, 2.05) is 0 Å². The number of nitrogens with zero attached hydrogens (tertiary/aromatic N) is 2. The zero-order valence-corrected chi connectivity index (χ0v) is 16.5. The van der Waals surface area contributed by atoms with Crippen LogP contribution in [0.2, 0.25) is 10.0 Å². The van der Waals surface area contributed by atoms with Gasteiger partial charge in [-0.05, 0) is 32.0 Å². The summed E-state index contributed by atoms with van der Waals surface area (Å²) in [5.74, 6) is -1.46. The number of hydrogen-bond acceptors (Lipinski definition) is 5. The molecule has 28 heavy (non-hydrogen) atoms. The predicted molar refractivity (Wildman–Crippen MR) is 105 cm³/mol. The maximum absolute atomic E-state index is 15.1. The van der Waals surface area contributed by atoms with Gasteiger partial charge >= 0.3 is 0 Å². The lowest BCUT2D eigenvalue weighted by atomic mass is 10.1. The summed E-state index contributed by atoms with van der Waals surface area (Å²) in [6, 6.07) is 4.63. The van der Waals surface area contributed by atoms with Crippen molar-refractivity contribution in [2.75, 3.05) is 11.9 Å². The van der Waals surface area contributed by atoms with Gasteiger partial charge in [-0.3, -0.25) is 9.63 Å². The number of rotatable bonds is 6. The molecular formula is C18H17Cl2FN4O3. The third kappa shape index (κ3) is 4.20. The van der Waals surface area contributed by atoms with Gasteiger partial charge in [-0.15, -0.1) is 0 Å². The molecular weight excluding hydrogens is 410 g/mol. The Hall–Kier alpha value is -2.39. The molecule has 0 spiro atoms. The minimum atomic E-state index is -1.01. The van der Waals surface area contributed by atoms with E-state index in [1.165, 1.54) is 29.1 Å². The average Bonchev–Trinajstić information content (AvgIpc) is 3.12. The molecule has 0 radical (unpaired) electrons. The summed E-state index contributed by atoms with van der Waals surface area (Å²) in [5, 5.41) is 12.7. The molecule has 0 fully saturated rings. The number of carbonyl (C=O) groups is 1. The average molecular weight is 427 g/mol. The first-order valence-electron chi connectivity index (χ1n) is 8.18. The molecule has 0 aliphatic heterocycles. The number of aromatic nitrogens is 2. The molecule has 1 amide bonds. The van der Waals surface area contributed by atoms with Crippen LogP contribution in [0.5, 0.6) is 0 Å². The van der Waals surface area contributed by atoms with Gasteiger partial charge in [0.1, 0.15) is 5.60 Å². The minimum absolute atomic E-state index is 0.0285. The van der Waals surface area contributed by atoms with Crippen molar-refractivity contribution < 1.29 is 19.1 Å². The number of nitrogens with one attached hydrogen (secondary N) is 2. The molecule has 3 N–H and O–H groups in total. The lowest BCUT2D eigenvalue weighted by Crippen LogP contribution is -2.38. The number of hydrogen-bond donors (Lipinski definition) is 3. The molecule has 0 saturated carbocycles. The van der Waals surface area contributed by atoms with Gasteiger partial charge in [0.2, 0.25) is 0 Å². The Kier molecular flexibility index (Phi) is 5.76. The molecule has 10 heteroatoms. The van der Waals surface area contributed by atoms with Crippen LogP contribution in [0.4, 0.5) is 15.8 Å². The fourth-order valence-electron chi connectivity index (χ4n) is 2.31. The van der Waals surface area contributed by atoms with Gasteiger partial charge in [0.25, 0.3) is 5.91 Å². The number of pyridine rings is 1. The quantitative estimate of drug-likeness (QED) is 0.519. The lowest BCUT2D eigenvalue weighted by molar-refractivity contribution is -0.0956. The van der Waals surface area contributed by atoms with E-state index in [2.05, 4.69) is 15.8 Å². The van der Waals surface area contributed by atoms with Gasteiger partial charge in [0.05, 0.1) is 28.6 Å². The smallest absolute Gasteiger partial charge is 0.278 e. The SMILES string of the molecule is CC(C)(CO)ONC(=O)c1cn2ccnc2c(F)c1Nc1ccc(Cl)cc1Cl. The molecule has 2 aromatic heterocycles. The van der Waals surface area contributed by atoms with Crippen LogP contribution in [0.1, 0.15) is 24.2 Å². The van der Waals surface area contributed by atoms with Crippen LogP contribution in [0, 0.1) is 5.82 Å². The molecule has 2 heterocycles. The molecule has 7 nitrogen and oxygen atoms in total. The van der Waals surface area contributed by atoms with Crippen molar-refractivity contribution in [3.05, 3.63) is 58.2 Å². The number of anilines is 2. The van der Waals surface area contributed by atoms with E-state index in [0.29, 0.717) is 10.7 Å². The second-order valence-electron chi connectivity index (χ2n) is 6.59. The zero-order chi connectivity index (χ0) is 20.5. The van der Waals surface area contributed by atoms with Crippen LogP contribution in [0.3, 0.4) is 0 Å². The molecule has 0 unspecified atom stereocenters. The molecule has 0 aliphatic carbocycles. The number of imidazole rings is 1. The number of aliphatic hydroxyl groups is 1. The summed E-state index contributed by atoms with van der Waals surface area (Å²) < 4.78 is 16.5. The van der Waals surface area contributed by atoms with Crippen molar-refractivity contribution in [3.63, 3.8) is 0 Å². The Morgan fingerprint density at radius 2 is 2.14 bits per heavy atom. The molecule has 3 aromatic rings. The van der Waals surface area contributed by atoms with Crippen LogP contribution in [-0.4, -0.2) is 32.6 Å². The standard InChI is InChI=1S/C18H17Cl2FN4O3/c1-18(2,9-26)28-24-17(27)11-8-25-6-5-22-16(25)14(21)15(11)23-13-4-3-10(19)7-12(13)20/h3-8,23,26H,9H2,1-2H3,(H,24,27). The number of fused-ring (bicyclic) bond motifs is 1. The number of benzene rings is 1. The van der Waals surface area contributed by atoms with Crippen LogP contribution in [-0.2, 0) is 4.84 Å². The van der Waals surface area contributed by atoms with E-state index in [0.717, 1.165) is 0 Å². The number of halogens is 3. The molecule has 0 atom stereocenters. The summed E-state index contributed by atoms with van der Waals surface area (Å²) in [7, 11) is 0.